The van der Waals surface area contributed by atoms with Crippen LogP contribution in [0.5, 0.6) is 0 Å². The molecule has 0 spiro atoms. The molecule has 2 N–H and O–H groups in total. The number of rotatable bonds is 7. The number of fused-ring (bicyclic) bond motifs is 1. The fourth-order valence-corrected chi connectivity index (χ4v) is 5.28. The van der Waals surface area contributed by atoms with Crippen LogP contribution >= 0.6 is 11.3 Å². The van der Waals surface area contributed by atoms with Crippen LogP contribution in [0.2, 0.25) is 0 Å². The molecule has 2 atom stereocenters. The Morgan fingerprint density at radius 1 is 1.13 bits per heavy atom. The van der Waals surface area contributed by atoms with E-state index in [1.54, 1.807) is 44.2 Å². The van der Waals surface area contributed by atoms with Crippen LogP contribution in [0.15, 0.2) is 36.4 Å². The zero-order valence-electron chi connectivity index (χ0n) is 20.7. The Balaban J connectivity index is 1.67. The molecule has 4 rings (SSSR count). The van der Waals surface area contributed by atoms with Crippen molar-refractivity contribution in [3.05, 3.63) is 63.7 Å². The lowest BCUT2D eigenvalue weighted by Crippen LogP contribution is -2.35. The number of benzene rings is 1. The van der Waals surface area contributed by atoms with Crippen molar-refractivity contribution in [1.29, 1.82) is 0 Å². The Morgan fingerprint density at radius 2 is 1.79 bits per heavy atom. The first-order valence-electron chi connectivity index (χ1n) is 11.8. The third kappa shape index (κ3) is 5.37. The van der Waals surface area contributed by atoms with Crippen molar-refractivity contribution in [3.63, 3.8) is 0 Å². The van der Waals surface area contributed by atoms with Gasteiger partial charge in [0.25, 0.3) is 5.91 Å². The van der Waals surface area contributed by atoms with Gasteiger partial charge in [-0.1, -0.05) is 30.3 Å². The number of alkyl halides is 3. The molecule has 202 valence electrons. The van der Waals surface area contributed by atoms with Crippen LogP contribution in [0.3, 0.4) is 0 Å². The lowest BCUT2D eigenvalue weighted by atomic mass is 9.97. The van der Waals surface area contributed by atoms with Crippen LogP contribution in [-0.2, 0) is 9.47 Å². The molecule has 3 heterocycles. The molecule has 3 aromatic rings. The second-order valence-corrected chi connectivity index (χ2v) is 9.44. The first kappa shape index (κ1) is 27.2. The summed E-state index contributed by atoms with van der Waals surface area (Å²) in [5.74, 6) is -2.27. The van der Waals surface area contributed by atoms with E-state index in [1.807, 2.05) is 0 Å². The molecule has 38 heavy (non-hydrogen) atoms. The lowest BCUT2D eigenvalue weighted by Gasteiger charge is -2.33. The van der Waals surface area contributed by atoms with E-state index in [4.69, 9.17) is 9.47 Å². The summed E-state index contributed by atoms with van der Waals surface area (Å²) in [6.45, 7) is 4.90. The second kappa shape index (κ2) is 10.9. The van der Waals surface area contributed by atoms with Crippen LogP contribution in [0.4, 0.5) is 24.0 Å². The van der Waals surface area contributed by atoms with Gasteiger partial charge in [-0.2, -0.15) is 18.3 Å². The maximum atomic E-state index is 14.0. The maximum Gasteiger partial charge on any atom is 0.410 e. The highest BCUT2D eigenvalue weighted by molar-refractivity contribution is 7.18. The number of nitrogens with zero attached hydrogens (tertiary/aromatic N) is 2. The van der Waals surface area contributed by atoms with E-state index in [2.05, 4.69) is 15.7 Å². The maximum absolute atomic E-state index is 14.0. The molecule has 1 aliphatic rings. The van der Waals surface area contributed by atoms with Crippen molar-refractivity contribution >= 4 is 40.0 Å². The monoisotopic (exact) mass is 550 g/mol. The van der Waals surface area contributed by atoms with Gasteiger partial charge in [0.1, 0.15) is 15.7 Å². The average Bonchev–Trinajstić information content (AvgIpc) is 3.44. The summed E-state index contributed by atoms with van der Waals surface area (Å²) >= 11 is 0.811. The standard InChI is InChI=1S/C25H25F3N4O5S/c1-4-36-23(34)19-13(3)20(24(35)37-5-2)38-22(19)30-21(33)16-12-18-29-15(14-9-7-6-8-10-14)11-17(25(26,27)28)32(18)31-16/h6-10,12,15,17,29H,4-5,11H2,1-3H3,(H,30,33)/t15-,17+/m1/s1. The third-order valence-corrected chi connectivity index (χ3v) is 7.13. The number of carbonyl (C=O) groups excluding carboxylic acids is 3. The van der Waals surface area contributed by atoms with Crippen molar-refractivity contribution < 1.29 is 37.0 Å². The quantitative estimate of drug-likeness (QED) is 0.373. The minimum Gasteiger partial charge on any atom is -0.462 e. The molecule has 2 aromatic heterocycles. The van der Waals surface area contributed by atoms with Gasteiger partial charge in [0.2, 0.25) is 0 Å². The average molecular weight is 551 g/mol. The van der Waals surface area contributed by atoms with E-state index in [0.29, 0.717) is 5.56 Å². The van der Waals surface area contributed by atoms with E-state index in [-0.39, 0.29) is 52.2 Å². The van der Waals surface area contributed by atoms with Crippen molar-refractivity contribution in [2.75, 3.05) is 23.8 Å². The number of halogens is 3. The van der Waals surface area contributed by atoms with Crippen molar-refractivity contribution in [2.45, 2.75) is 45.5 Å². The number of anilines is 2. The molecule has 13 heteroatoms. The van der Waals surface area contributed by atoms with Gasteiger partial charge in [-0.25, -0.2) is 14.3 Å². The Bertz CT molecular complexity index is 1350. The Morgan fingerprint density at radius 3 is 2.42 bits per heavy atom. The van der Waals surface area contributed by atoms with Gasteiger partial charge in [-0.05, 0) is 31.9 Å². The van der Waals surface area contributed by atoms with Crippen LogP contribution < -0.4 is 10.6 Å². The van der Waals surface area contributed by atoms with E-state index >= 15 is 0 Å². The topological polar surface area (TPSA) is 112 Å². The molecule has 0 unspecified atom stereocenters. The first-order valence-corrected chi connectivity index (χ1v) is 12.6. The van der Waals surface area contributed by atoms with Gasteiger partial charge in [-0.3, -0.25) is 4.79 Å². The summed E-state index contributed by atoms with van der Waals surface area (Å²) in [7, 11) is 0. The molecule has 0 fully saturated rings. The number of hydrogen-bond acceptors (Lipinski definition) is 8. The zero-order valence-corrected chi connectivity index (χ0v) is 21.5. The number of aromatic nitrogens is 2. The molecular weight excluding hydrogens is 525 g/mol. The molecule has 0 radical (unpaired) electrons. The van der Waals surface area contributed by atoms with E-state index < -0.39 is 36.1 Å². The smallest absolute Gasteiger partial charge is 0.410 e. The molecule has 0 saturated heterocycles. The summed E-state index contributed by atoms with van der Waals surface area (Å²) in [5.41, 5.74) is 0.595. The molecular formula is C25H25F3N4O5S. The van der Waals surface area contributed by atoms with E-state index in [1.165, 1.54) is 13.0 Å². The first-order chi connectivity index (χ1) is 18.0. The van der Waals surface area contributed by atoms with Crippen LogP contribution in [0.1, 0.15) is 74.0 Å². The van der Waals surface area contributed by atoms with Crippen LogP contribution in [0, 0.1) is 6.92 Å². The summed E-state index contributed by atoms with van der Waals surface area (Å²) in [5, 5.41) is 9.50. The van der Waals surface area contributed by atoms with Crippen molar-refractivity contribution in [2.24, 2.45) is 0 Å². The molecule has 1 aliphatic heterocycles. The number of nitrogens with one attached hydrogen (secondary N) is 2. The SMILES string of the molecule is CCOC(=O)c1sc(NC(=O)c2cc3n(n2)[C@H](C(F)(F)F)C[C@H](c2ccccc2)N3)c(C(=O)OCC)c1C. The zero-order chi connectivity index (χ0) is 27.6. The highest BCUT2D eigenvalue weighted by Crippen LogP contribution is 2.43. The Hall–Kier alpha value is -3.87. The number of esters is 2. The van der Waals surface area contributed by atoms with Crippen molar-refractivity contribution in [3.8, 4) is 0 Å². The minimum atomic E-state index is -4.61. The molecule has 9 nitrogen and oxygen atoms in total. The van der Waals surface area contributed by atoms with Gasteiger partial charge in [-0.15, -0.1) is 11.3 Å². The number of thiophene rings is 1. The predicted molar refractivity (Wildman–Crippen MR) is 134 cm³/mol. The summed E-state index contributed by atoms with van der Waals surface area (Å²) in [6, 6.07) is 7.30. The number of hydrogen-bond donors (Lipinski definition) is 2. The predicted octanol–water partition coefficient (Wildman–Crippen LogP) is 5.52. The lowest BCUT2D eigenvalue weighted by molar-refractivity contribution is -0.173. The van der Waals surface area contributed by atoms with Gasteiger partial charge in [0, 0.05) is 12.5 Å². The summed E-state index contributed by atoms with van der Waals surface area (Å²) in [6.07, 6.45) is -4.93. The molecule has 0 bridgehead atoms. The van der Waals surface area contributed by atoms with E-state index in [9.17, 15) is 27.6 Å². The highest BCUT2D eigenvalue weighted by atomic mass is 32.1. The summed E-state index contributed by atoms with van der Waals surface area (Å²) < 4.78 is 52.8. The second-order valence-electron chi connectivity index (χ2n) is 8.42. The fourth-order valence-electron chi connectivity index (χ4n) is 4.20. The van der Waals surface area contributed by atoms with E-state index in [0.717, 1.165) is 16.0 Å². The normalized spacial score (nSPS) is 16.8. The fraction of sp³-hybridized carbons (Fsp3) is 0.360. The number of carbonyl (C=O) groups is 3. The molecule has 1 amide bonds. The molecule has 0 aliphatic carbocycles. The van der Waals surface area contributed by atoms with Gasteiger partial charge >= 0.3 is 18.1 Å². The Kier molecular flexibility index (Phi) is 7.76. The van der Waals surface area contributed by atoms with Crippen LogP contribution in [0.25, 0.3) is 0 Å². The molecule has 1 aromatic carbocycles. The summed E-state index contributed by atoms with van der Waals surface area (Å²) in [4.78, 5) is 38.2. The minimum absolute atomic E-state index is 0.00228. The Labute approximate surface area is 219 Å². The van der Waals surface area contributed by atoms with Gasteiger partial charge in [0.05, 0.1) is 24.8 Å². The largest absolute Gasteiger partial charge is 0.462 e. The van der Waals surface area contributed by atoms with Gasteiger partial charge in [0.15, 0.2) is 11.7 Å². The third-order valence-electron chi connectivity index (χ3n) is 5.94. The van der Waals surface area contributed by atoms with Crippen molar-refractivity contribution in [1.82, 2.24) is 9.78 Å². The number of ether oxygens (including phenoxy) is 2. The number of amides is 1. The van der Waals surface area contributed by atoms with Gasteiger partial charge < -0.3 is 20.1 Å². The molecule has 0 saturated carbocycles. The highest BCUT2D eigenvalue weighted by Gasteiger charge is 2.47. The van der Waals surface area contributed by atoms with Crippen LogP contribution in [-0.4, -0.2) is 47.0 Å².